The monoisotopic (exact) mass is 487 g/mol. The number of carbonyl (C=O) groups excluding carboxylic acids is 1. The number of amides is 1. The van der Waals surface area contributed by atoms with Gasteiger partial charge < -0.3 is 9.88 Å². The molecule has 1 aromatic heterocycles. The van der Waals surface area contributed by atoms with E-state index in [0.717, 1.165) is 21.9 Å². The first-order valence-electron chi connectivity index (χ1n) is 11.5. The minimum Gasteiger partial charge on any atom is -0.323 e. The lowest BCUT2D eigenvalue weighted by molar-refractivity contribution is -0.120. The molecular formula is C27H25N3O4S. The zero-order valence-corrected chi connectivity index (χ0v) is 20.0. The van der Waals surface area contributed by atoms with Crippen LogP contribution in [0.2, 0.25) is 0 Å². The lowest BCUT2D eigenvalue weighted by Crippen LogP contribution is -2.50. The largest absolute Gasteiger partial charge is 0.323 e. The number of fused-ring (bicyclic) bond motifs is 2. The lowest BCUT2D eigenvalue weighted by Gasteiger charge is -2.35. The Hall–Kier alpha value is -3.75. The molecule has 7 nitrogen and oxygen atoms in total. The third-order valence-electron chi connectivity index (χ3n) is 6.43. The number of rotatable bonds is 5. The molecule has 5 rings (SSSR count). The van der Waals surface area contributed by atoms with Gasteiger partial charge in [-0.3, -0.25) is 9.59 Å². The summed E-state index contributed by atoms with van der Waals surface area (Å²) in [5.74, 6) is -0.440. The van der Waals surface area contributed by atoms with E-state index >= 15 is 0 Å². The maximum absolute atomic E-state index is 13.9. The van der Waals surface area contributed by atoms with E-state index in [4.69, 9.17) is 0 Å². The van der Waals surface area contributed by atoms with Gasteiger partial charge in [0.25, 0.3) is 5.56 Å². The Bertz CT molecular complexity index is 1590. The Morgan fingerprint density at radius 2 is 1.66 bits per heavy atom. The topological polar surface area (TPSA) is 88.5 Å². The van der Waals surface area contributed by atoms with Gasteiger partial charge in [0.1, 0.15) is 6.04 Å². The fraction of sp³-hybridized carbons (Fsp3) is 0.185. The van der Waals surface area contributed by atoms with E-state index in [9.17, 15) is 18.0 Å². The van der Waals surface area contributed by atoms with Gasteiger partial charge in [0.15, 0.2) is 0 Å². The Kier molecular flexibility index (Phi) is 6.00. The van der Waals surface area contributed by atoms with Gasteiger partial charge in [0.2, 0.25) is 15.9 Å². The fourth-order valence-corrected chi connectivity index (χ4v) is 6.12. The smallest absolute Gasteiger partial charge is 0.250 e. The quantitative estimate of drug-likeness (QED) is 0.464. The first-order chi connectivity index (χ1) is 16.9. The maximum atomic E-state index is 13.9. The van der Waals surface area contributed by atoms with Crippen LogP contribution in [0.5, 0.6) is 0 Å². The average Bonchev–Trinajstić information content (AvgIpc) is 2.88. The molecule has 2 heterocycles. The first kappa shape index (κ1) is 23.0. The summed E-state index contributed by atoms with van der Waals surface area (Å²) >= 11 is 0. The van der Waals surface area contributed by atoms with Crippen molar-refractivity contribution in [3.05, 3.63) is 107 Å². The molecule has 4 aromatic rings. The molecule has 1 atom stereocenters. The highest BCUT2D eigenvalue weighted by atomic mass is 32.2. The van der Waals surface area contributed by atoms with E-state index in [1.54, 1.807) is 24.4 Å². The van der Waals surface area contributed by atoms with Crippen molar-refractivity contribution < 1.29 is 13.2 Å². The van der Waals surface area contributed by atoms with Crippen LogP contribution in [0.15, 0.2) is 94.7 Å². The molecule has 0 radical (unpaired) electrons. The number of pyridine rings is 1. The minimum absolute atomic E-state index is 0.0951. The Morgan fingerprint density at radius 3 is 2.43 bits per heavy atom. The number of nitrogens with zero attached hydrogens (tertiary/aromatic N) is 2. The van der Waals surface area contributed by atoms with Gasteiger partial charge in [-0.25, -0.2) is 8.42 Å². The van der Waals surface area contributed by atoms with Gasteiger partial charge >= 0.3 is 0 Å². The highest BCUT2D eigenvalue weighted by molar-refractivity contribution is 7.89. The molecule has 0 spiro atoms. The molecule has 1 amide bonds. The second kappa shape index (κ2) is 9.13. The van der Waals surface area contributed by atoms with Crippen molar-refractivity contribution in [3.8, 4) is 0 Å². The summed E-state index contributed by atoms with van der Waals surface area (Å²) in [6, 6.07) is 22.1. The molecule has 1 aliphatic rings. The van der Waals surface area contributed by atoms with Gasteiger partial charge in [0, 0.05) is 25.4 Å². The molecule has 1 N–H and O–H groups in total. The van der Waals surface area contributed by atoms with Crippen LogP contribution in [0.1, 0.15) is 18.1 Å². The third kappa shape index (κ3) is 4.38. The van der Waals surface area contributed by atoms with Crippen molar-refractivity contribution in [2.24, 2.45) is 0 Å². The molecule has 3 aromatic carbocycles. The SMILES string of the molecule is CCn1cc(NC(=O)[C@@H]2Cc3ccccc3CN2S(=O)(=O)c2ccc3ccccc3c2)ccc1=O. The molecule has 0 unspecified atom stereocenters. The first-order valence-corrected chi connectivity index (χ1v) is 12.9. The van der Waals surface area contributed by atoms with E-state index in [1.807, 2.05) is 55.5 Å². The fourth-order valence-electron chi connectivity index (χ4n) is 4.52. The number of anilines is 1. The van der Waals surface area contributed by atoms with E-state index < -0.39 is 22.0 Å². The van der Waals surface area contributed by atoms with E-state index in [1.165, 1.54) is 21.0 Å². The maximum Gasteiger partial charge on any atom is 0.250 e. The second-order valence-corrected chi connectivity index (χ2v) is 10.5. The number of benzene rings is 3. The molecule has 8 heteroatoms. The average molecular weight is 488 g/mol. The zero-order chi connectivity index (χ0) is 24.6. The predicted molar refractivity (Wildman–Crippen MR) is 136 cm³/mol. The third-order valence-corrected chi connectivity index (χ3v) is 8.28. The van der Waals surface area contributed by atoms with Crippen molar-refractivity contribution in [3.63, 3.8) is 0 Å². The van der Waals surface area contributed by atoms with Gasteiger partial charge in [-0.15, -0.1) is 0 Å². The van der Waals surface area contributed by atoms with Crippen LogP contribution in [0.25, 0.3) is 10.8 Å². The van der Waals surface area contributed by atoms with E-state index in [-0.39, 0.29) is 23.4 Å². The van der Waals surface area contributed by atoms with Crippen molar-refractivity contribution in [2.45, 2.75) is 37.4 Å². The molecule has 0 bridgehead atoms. The van der Waals surface area contributed by atoms with E-state index in [2.05, 4.69) is 5.32 Å². The molecule has 0 fully saturated rings. The van der Waals surface area contributed by atoms with Crippen LogP contribution < -0.4 is 10.9 Å². The number of aryl methyl sites for hydroxylation is 1. The number of carbonyl (C=O) groups is 1. The number of hydrogen-bond donors (Lipinski definition) is 1. The molecular weight excluding hydrogens is 462 g/mol. The normalized spacial score (nSPS) is 16.1. The molecule has 0 aliphatic carbocycles. The highest BCUT2D eigenvalue weighted by Gasteiger charge is 2.39. The second-order valence-electron chi connectivity index (χ2n) is 8.58. The van der Waals surface area contributed by atoms with Crippen molar-refractivity contribution in [1.82, 2.24) is 8.87 Å². The molecule has 1 aliphatic heterocycles. The summed E-state index contributed by atoms with van der Waals surface area (Å²) in [6.07, 6.45) is 1.82. The van der Waals surface area contributed by atoms with Crippen LogP contribution in [0.3, 0.4) is 0 Å². The molecule has 0 saturated carbocycles. The Balaban J connectivity index is 1.53. The number of aromatic nitrogens is 1. The Labute approximate surface area is 203 Å². The van der Waals surface area contributed by atoms with Gasteiger partial charge in [-0.1, -0.05) is 54.6 Å². The van der Waals surface area contributed by atoms with Crippen LogP contribution in [0, 0.1) is 0 Å². The summed E-state index contributed by atoms with van der Waals surface area (Å²) in [6.45, 7) is 2.39. The molecule has 0 saturated heterocycles. The summed E-state index contributed by atoms with van der Waals surface area (Å²) in [7, 11) is -3.98. The summed E-state index contributed by atoms with van der Waals surface area (Å²) < 4.78 is 30.5. The van der Waals surface area contributed by atoms with Gasteiger partial charge in [0.05, 0.1) is 10.6 Å². The van der Waals surface area contributed by atoms with Crippen molar-refractivity contribution in [2.75, 3.05) is 5.32 Å². The number of nitrogens with one attached hydrogen (secondary N) is 1. The summed E-state index contributed by atoms with van der Waals surface area (Å²) in [4.78, 5) is 25.5. The lowest BCUT2D eigenvalue weighted by atomic mass is 9.95. The van der Waals surface area contributed by atoms with Crippen molar-refractivity contribution >= 4 is 32.4 Å². The van der Waals surface area contributed by atoms with Crippen LogP contribution in [0.4, 0.5) is 5.69 Å². The molecule has 35 heavy (non-hydrogen) atoms. The zero-order valence-electron chi connectivity index (χ0n) is 19.2. The Morgan fingerprint density at radius 1 is 0.943 bits per heavy atom. The van der Waals surface area contributed by atoms with E-state index in [0.29, 0.717) is 12.2 Å². The van der Waals surface area contributed by atoms with Gasteiger partial charge in [-0.05, 0) is 53.4 Å². The highest BCUT2D eigenvalue weighted by Crippen LogP contribution is 2.31. The predicted octanol–water partition coefficient (Wildman–Crippen LogP) is 3.78. The number of sulfonamides is 1. The number of hydrogen-bond acceptors (Lipinski definition) is 4. The summed E-state index contributed by atoms with van der Waals surface area (Å²) in [5.41, 5.74) is 2.09. The van der Waals surface area contributed by atoms with Crippen molar-refractivity contribution in [1.29, 1.82) is 0 Å². The molecule has 178 valence electrons. The standard InChI is InChI=1S/C27H25N3O4S/c1-2-29-18-23(12-14-26(29)31)28-27(32)25-16-21-9-5-6-10-22(21)17-30(25)35(33,34)24-13-11-19-7-3-4-8-20(19)15-24/h3-15,18,25H,2,16-17H2,1H3,(H,28,32)/t25-/m0/s1. The van der Waals surface area contributed by atoms with Gasteiger partial charge in [-0.2, -0.15) is 4.31 Å². The van der Waals surface area contributed by atoms with Crippen LogP contribution >= 0.6 is 0 Å². The van der Waals surface area contributed by atoms with Crippen LogP contribution in [-0.4, -0.2) is 29.2 Å². The minimum atomic E-state index is -3.98. The van der Waals surface area contributed by atoms with Crippen LogP contribution in [-0.2, 0) is 34.3 Å². The summed E-state index contributed by atoms with van der Waals surface area (Å²) in [5, 5.41) is 4.58.